The third-order valence-electron chi connectivity index (χ3n) is 8.57. The molecule has 0 saturated carbocycles. The van der Waals surface area contributed by atoms with E-state index in [1.54, 1.807) is 0 Å². The second-order valence-electron chi connectivity index (χ2n) is 13.1. The molecule has 0 aromatic rings. The van der Waals surface area contributed by atoms with Crippen molar-refractivity contribution in [3.8, 4) is 0 Å². The average molecular weight is 643 g/mol. The molecule has 266 valence electrons. The maximum Gasteiger partial charge on any atom is 0.306 e. The van der Waals surface area contributed by atoms with Gasteiger partial charge < -0.3 is 9.84 Å². The van der Waals surface area contributed by atoms with E-state index in [0.717, 1.165) is 89.9 Å². The highest BCUT2D eigenvalue weighted by Crippen LogP contribution is 2.19. The van der Waals surface area contributed by atoms with E-state index in [-0.39, 0.29) is 18.5 Å². The Bertz CT molecular complexity index is 779. The fourth-order valence-electron chi connectivity index (χ4n) is 5.70. The lowest BCUT2D eigenvalue weighted by molar-refractivity contribution is -0.150. The van der Waals surface area contributed by atoms with E-state index in [1.165, 1.54) is 83.5 Å². The summed E-state index contributed by atoms with van der Waals surface area (Å²) in [6.45, 7) is 4.42. The molecule has 0 aromatic carbocycles. The summed E-state index contributed by atoms with van der Waals surface area (Å²) in [5.74, 6) is -0.712. The second kappa shape index (κ2) is 37.4. The molecule has 46 heavy (non-hydrogen) atoms. The molecule has 0 radical (unpaired) electrons. The number of hydrogen-bond donors (Lipinski definition) is 1. The van der Waals surface area contributed by atoms with Crippen molar-refractivity contribution in [2.24, 2.45) is 0 Å². The minimum Gasteiger partial charge on any atom is -0.481 e. The number of carbonyl (C=O) groups is 2. The van der Waals surface area contributed by atoms with Gasteiger partial charge in [-0.05, 0) is 77.0 Å². The van der Waals surface area contributed by atoms with Crippen LogP contribution in [0.1, 0.15) is 200 Å². The van der Waals surface area contributed by atoms with Gasteiger partial charge >= 0.3 is 11.9 Å². The lowest BCUT2D eigenvalue weighted by atomic mass is 10.0. The number of unbranched alkanes of at least 4 members (excludes halogenated alkanes) is 18. The van der Waals surface area contributed by atoms with Crippen LogP contribution in [0.4, 0.5) is 0 Å². The smallest absolute Gasteiger partial charge is 0.306 e. The molecular weight excluding hydrogens is 568 g/mol. The Balaban J connectivity index is 3.88. The van der Waals surface area contributed by atoms with Crippen molar-refractivity contribution in [1.29, 1.82) is 0 Å². The molecule has 0 heterocycles. The lowest BCUT2D eigenvalue weighted by Crippen LogP contribution is -2.18. The summed E-state index contributed by atoms with van der Waals surface area (Å²) in [4.78, 5) is 23.3. The maximum atomic E-state index is 12.6. The lowest BCUT2D eigenvalue weighted by Gasteiger charge is -2.18. The molecule has 0 aromatic heterocycles. The van der Waals surface area contributed by atoms with Crippen molar-refractivity contribution in [3.63, 3.8) is 0 Å². The highest BCUT2D eigenvalue weighted by atomic mass is 16.5. The Morgan fingerprint density at radius 2 is 0.913 bits per heavy atom. The zero-order valence-corrected chi connectivity index (χ0v) is 30.4. The van der Waals surface area contributed by atoms with Crippen molar-refractivity contribution in [1.82, 2.24) is 0 Å². The first-order chi connectivity index (χ1) is 22.6. The van der Waals surface area contributed by atoms with Crippen LogP contribution in [-0.4, -0.2) is 23.1 Å². The molecule has 0 amide bonds. The van der Waals surface area contributed by atoms with Crippen LogP contribution >= 0.6 is 0 Å². The minimum absolute atomic E-state index is 0.00903. The number of carboxylic acid groups (broad SMARTS) is 1. The van der Waals surface area contributed by atoms with Gasteiger partial charge in [0.25, 0.3) is 0 Å². The van der Waals surface area contributed by atoms with Gasteiger partial charge in [-0.2, -0.15) is 0 Å². The summed E-state index contributed by atoms with van der Waals surface area (Å²) in [7, 11) is 0. The number of carbonyl (C=O) groups excluding carboxylic acids is 1. The van der Waals surface area contributed by atoms with Gasteiger partial charge in [0.1, 0.15) is 6.10 Å². The van der Waals surface area contributed by atoms with Gasteiger partial charge in [0.05, 0.1) is 0 Å². The van der Waals surface area contributed by atoms with Crippen LogP contribution in [0.25, 0.3) is 0 Å². The summed E-state index contributed by atoms with van der Waals surface area (Å²) < 4.78 is 5.97. The van der Waals surface area contributed by atoms with Gasteiger partial charge in [-0.25, -0.2) is 0 Å². The molecule has 0 aliphatic rings. The number of carboxylic acids is 1. The molecule has 1 N–H and O–H groups in total. The van der Waals surface area contributed by atoms with E-state index < -0.39 is 5.97 Å². The van der Waals surface area contributed by atoms with E-state index in [1.807, 2.05) is 0 Å². The summed E-state index contributed by atoms with van der Waals surface area (Å²) in [5, 5.41) is 8.79. The van der Waals surface area contributed by atoms with Crippen LogP contribution < -0.4 is 0 Å². The molecular formula is C42H74O4. The number of esters is 1. The first kappa shape index (κ1) is 43.9. The van der Waals surface area contributed by atoms with Crippen molar-refractivity contribution >= 4 is 11.9 Å². The van der Waals surface area contributed by atoms with Crippen molar-refractivity contribution in [2.75, 3.05) is 0 Å². The van der Waals surface area contributed by atoms with Crippen molar-refractivity contribution in [2.45, 2.75) is 206 Å². The number of rotatable bonds is 35. The summed E-state index contributed by atoms with van der Waals surface area (Å²) in [6.07, 6.45) is 49.9. The van der Waals surface area contributed by atoms with Gasteiger partial charge in [-0.3, -0.25) is 9.59 Å². The number of allylic oxidation sites excluding steroid dienone is 8. The van der Waals surface area contributed by atoms with Gasteiger partial charge in [-0.1, -0.05) is 159 Å². The van der Waals surface area contributed by atoms with Crippen molar-refractivity contribution < 1.29 is 19.4 Å². The predicted octanol–water partition coefficient (Wildman–Crippen LogP) is 13.6. The summed E-state index contributed by atoms with van der Waals surface area (Å²) >= 11 is 0. The molecule has 0 fully saturated rings. The zero-order valence-electron chi connectivity index (χ0n) is 30.4. The highest BCUT2D eigenvalue weighted by molar-refractivity contribution is 5.69. The van der Waals surface area contributed by atoms with Gasteiger partial charge in [0.15, 0.2) is 0 Å². The van der Waals surface area contributed by atoms with Crippen LogP contribution in [0.15, 0.2) is 48.6 Å². The average Bonchev–Trinajstić information content (AvgIpc) is 3.04. The molecule has 0 aliphatic heterocycles. The third-order valence-corrected chi connectivity index (χ3v) is 8.57. The number of hydrogen-bond acceptors (Lipinski definition) is 3. The van der Waals surface area contributed by atoms with E-state index in [2.05, 4.69) is 62.5 Å². The second-order valence-corrected chi connectivity index (χ2v) is 13.1. The van der Waals surface area contributed by atoms with Gasteiger partial charge in [0, 0.05) is 12.8 Å². The first-order valence-electron chi connectivity index (χ1n) is 19.6. The molecule has 1 unspecified atom stereocenters. The van der Waals surface area contributed by atoms with Gasteiger partial charge in [0.2, 0.25) is 0 Å². The Morgan fingerprint density at radius 1 is 0.500 bits per heavy atom. The molecule has 4 heteroatoms. The van der Waals surface area contributed by atoms with Crippen LogP contribution in [-0.2, 0) is 14.3 Å². The Hall–Kier alpha value is -2.10. The normalized spacial score (nSPS) is 12.7. The zero-order chi connectivity index (χ0) is 33.6. The van der Waals surface area contributed by atoms with Crippen LogP contribution in [0.2, 0.25) is 0 Å². The first-order valence-corrected chi connectivity index (χ1v) is 19.6. The maximum absolute atomic E-state index is 12.6. The quantitative estimate of drug-likeness (QED) is 0.0424. The van der Waals surface area contributed by atoms with Crippen LogP contribution in [0.3, 0.4) is 0 Å². The molecule has 0 bridgehead atoms. The fourth-order valence-corrected chi connectivity index (χ4v) is 5.70. The monoisotopic (exact) mass is 643 g/mol. The fraction of sp³-hybridized carbons (Fsp3) is 0.762. The number of aliphatic carboxylic acids is 1. The largest absolute Gasteiger partial charge is 0.481 e. The van der Waals surface area contributed by atoms with Crippen LogP contribution in [0.5, 0.6) is 0 Å². The minimum atomic E-state index is -0.703. The highest BCUT2D eigenvalue weighted by Gasteiger charge is 2.14. The third kappa shape index (κ3) is 36.4. The summed E-state index contributed by atoms with van der Waals surface area (Å²) in [5.41, 5.74) is 0. The Labute approximate surface area is 285 Å². The Morgan fingerprint density at radius 3 is 1.41 bits per heavy atom. The van der Waals surface area contributed by atoms with E-state index in [9.17, 15) is 9.59 Å². The molecule has 0 spiro atoms. The SMILES string of the molecule is CC/C=C\C/C=C\C/C=C\C/C=C\CCCCCCCCCCC(=O)OC(CCCCCCCCC)CCCCCCCC(=O)O. The molecule has 0 rings (SSSR count). The predicted molar refractivity (Wildman–Crippen MR) is 199 cm³/mol. The van der Waals surface area contributed by atoms with E-state index in [0.29, 0.717) is 6.42 Å². The topological polar surface area (TPSA) is 63.6 Å². The summed E-state index contributed by atoms with van der Waals surface area (Å²) in [6, 6.07) is 0. The Kier molecular flexibility index (Phi) is 35.7. The van der Waals surface area contributed by atoms with E-state index in [4.69, 9.17) is 9.84 Å². The number of ether oxygens (including phenoxy) is 1. The van der Waals surface area contributed by atoms with E-state index >= 15 is 0 Å². The molecule has 1 atom stereocenters. The molecule has 4 nitrogen and oxygen atoms in total. The molecule has 0 aliphatic carbocycles. The molecule has 0 saturated heterocycles. The standard InChI is InChI=1S/C42H74O4/c1-3-5-7-9-11-12-13-14-15-16-17-18-19-20-21-22-23-24-26-31-35-39-42(45)46-40(36-32-28-25-10-8-6-4-2)37-33-29-27-30-34-38-41(43)44/h5,7,11-12,14-15,17-18,40H,3-4,6,8-10,13,16,19-39H2,1-2H3,(H,43,44)/b7-5-,12-11-,15-14-,18-17-. The van der Waals surface area contributed by atoms with Crippen molar-refractivity contribution in [3.05, 3.63) is 48.6 Å². The van der Waals surface area contributed by atoms with Gasteiger partial charge in [-0.15, -0.1) is 0 Å². The van der Waals surface area contributed by atoms with Crippen LogP contribution in [0, 0.1) is 0 Å².